The Labute approximate surface area is 122 Å². The standard InChI is InChI=1S/C16H16N2O3/c19-15-11-17-16(20)18(15)8-3-9-21-14-7-6-12-4-1-2-5-13(12)10-14/h1-2,4-7,10H,3,8-9,11H2,(H,17,20). The number of nitrogens with one attached hydrogen (secondary N) is 1. The zero-order valence-electron chi connectivity index (χ0n) is 11.5. The predicted octanol–water partition coefficient (Wildman–Crippen LogP) is 2.16. The van der Waals surface area contributed by atoms with Crippen LogP contribution in [-0.2, 0) is 4.79 Å². The third-order valence-electron chi connectivity index (χ3n) is 3.45. The highest BCUT2D eigenvalue weighted by Crippen LogP contribution is 2.20. The van der Waals surface area contributed by atoms with Crippen molar-refractivity contribution in [2.45, 2.75) is 6.42 Å². The number of benzene rings is 2. The Morgan fingerprint density at radius 3 is 2.67 bits per heavy atom. The van der Waals surface area contributed by atoms with Gasteiger partial charge in [-0.25, -0.2) is 4.79 Å². The summed E-state index contributed by atoms with van der Waals surface area (Å²) in [6.07, 6.45) is 0.617. The SMILES string of the molecule is O=C1CNC(=O)N1CCCOc1ccc2ccccc2c1. The summed E-state index contributed by atoms with van der Waals surface area (Å²) < 4.78 is 5.67. The number of imide groups is 1. The second-order valence-electron chi connectivity index (χ2n) is 4.92. The van der Waals surface area contributed by atoms with Crippen LogP contribution in [0.4, 0.5) is 4.79 Å². The fourth-order valence-electron chi connectivity index (χ4n) is 2.35. The quantitative estimate of drug-likeness (QED) is 0.676. The maximum Gasteiger partial charge on any atom is 0.324 e. The molecule has 21 heavy (non-hydrogen) atoms. The van der Waals surface area contributed by atoms with Crippen LogP contribution in [0, 0.1) is 0 Å². The topological polar surface area (TPSA) is 58.6 Å². The first kappa shape index (κ1) is 13.4. The Kier molecular flexibility index (Phi) is 3.73. The van der Waals surface area contributed by atoms with Gasteiger partial charge in [0, 0.05) is 6.54 Å². The van der Waals surface area contributed by atoms with E-state index in [0.29, 0.717) is 19.6 Å². The lowest BCUT2D eigenvalue weighted by Gasteiger charge is -2.12. The smallest absolute Gasteiger partial charge is 0.324 e. The average molecular weight is 284 g/mol. The Morgan fingerprint density at radius 1 is 1.10 bits per heavy atom. The van der Waals surface area contributed by atoms with Crippen molar-refractivity contribution in [3.05, 3.63) is 42.5 Å². The van der Waals surface area contributed by atoms with Gasteiger partial charge in [0.2, 0.25) is 5.91 Å². The first-order chi connectivity index (χ1) is 10.2. The van der Waals surface area contributed by atoms with E-state index in [0.717, 1.165) is 11.1 Å². The molecule has 0 aliphatic carbocycles. The van der Waals surface area contributed by atoms with Crippen LogP contribution < -0.4 is 10.1 Å². The summed E-state index contributed by atoms with van der Waals surface area (Å²) >= 11 is 0. The van der Waals surface area contributed by atoms with Gasteiger partial charge in [0.1, 0.15) is 5.75 Å². The van der Waals surface area contributed by atoms with Crippen molar-refractivity contribution in [1.82, 2.24) is 10.2 Å². The zero-order valence-corrected chi connectivity index (χ0v) is 11.5. The number of carbonyl (C=O) groups is 2. The number of urea groups is 1. The molecule has 0 saturated carbocycles. The van der Waals surface area contributed by atoms with Crippen LogP contribution in [0.3, 0.4) is 0 Å². The molecule has 0 atom stereocenters. The first-order valence-corrected chi connectivity index (χ1v) is 6.94. The molecule has 108 valence electrons. The molecule has 0 radical (unpaired) electrons. The van der Waals surface area contributed by atoms with Crippen LogP contribution in [0.5, 0.6) is 5.75 Å². The molecule has 1 aliphatic heterocycles. The van der Waals surface area contributed by atoms with Gasteiger partial charge in [0.15, 0.2) is 0 Å². The van der Waals surface area contributed by atoms with Crippen molar-refractivity contribution in [3.8, 4) is 5.75 Å². The molecule has 5 nitrogen and oxygen atoms in total. The largest absolute Gasteiger partial charge is 0.494 e. The summed E-state index contributed by atoms with van der Waals surface area (Å²) in [6, 6.07) is 13.7. The second-order valence-corrected chi connectivity index (χ2v) is 4.92. The van der Waals surface area contributed by atoms with Gasteiger partial charge in [-0.15, -0.1) is 0 Å². The zero-order chi connectivity index (χ0) is 14.7. The summed E-state index contributed by atoms with van der Waals surface area (Å²) in [5.41, 5.74) is 0. The normalized spacial score (nSPS) is 14.6. The third kappa shape index (κ3) is 2.97. The molecule has 1 heterocycles. The number of carbonyl (C=O) groups excluding carboxylic acids is 2. The van der Waals surface area contributed by atoms with E-state index in [4.69, 9.17) is 4.74 Å². The van der Waals surface area contributed by atoms with Crippen LogP contribution in [-0.4, -0.2) is 36.5 Å². The van der Waals surface area contributed by atoms with E-state index in [1.54, 1.807) is 0 Å². The van der Waals surface area contributed by atoms with Crippen LogP contribution in [0.1, 0.15) is 6.42 Å². The van der Waals surface area contributed by atoms with Crippen LogP contribution in [0.15, 0.2) is 42.5 Å². The molecule has 0 bridgehead atoms. The number of fused-ring (bicyclic) bond motifs is 1. The number of nitrogens with zero attached hydrogens (tertiary/aromatic N) is 1. The summed E-state index contributed by atoms with van der Waals surface area (Å²) in [4.78, 5) is 24.0. The maximum absolute atomic E-state index is 11.4. The summed E-state index contributed by atoms with van der Waals surface area (Å²) in [5, 5.41) is 4.79. The number of hydrogen-bond donors (Lipinski definition) is 1. The summed E-state index contributed by atoms with van der Waals surface area (Å²) in [5.74, 6) is 0.622. The molecule has 0 spiro atoms. The molecule has 5 heteroatoms. The fourth-order valence-corrected chi connectivity index (χ4v) is 2.35. The van der Waals surface area contributed by atoms with E-state index in [1.165, 1.54) is 10.3 Å². The Bertz CT molecular complexity index is 668. The number of rotatable bonds is 5. The van der Waals surface area contributed by atoms with Gasteiger partial charge in [-0.3, -0.25) is 9.69 Å². The van der Waals surface area contributed by atoms with Crippen molar-refractivity contribution in [2.75, 3.05) is 19.7 Å². The molecule has 2 aromatic rings. The van der Waals surface area contributed by atoms with Gasteiger partial charge in [0.05, 0.1) is 13.2 Å². The molecule has 1 aliphatic rings. The average Bonchev–Trinajstić information content (AvgIpc) is 2.83. The van der Waals surface area contributed by atoms with Gasteiger partial charge in [-0.1, -0.05) is 30.3 Å². The lowest BCUT2D eigenvalue weighted by molar-refractivity contribution is -0.125. The van der Waals surface area contributed by atoms with Crippen molar-refractivity contribution >= 4 is 22.7 Å². The lowest BCUT2D eigenvalue weighted by atomic mass is 10.1. The molecule has 1 N–H and O–H groups in total. The Balaban J connectivity index is 1.52. The number of hydrogen-bond acceptors (Lipinski definition) is 3. The van der Waals surface area contributed by atoms with E-state index < -0.39 is 0 Å². The molecule has 3 rings (SSSR count). The molecular formula is C16H16N2O3. The molecule has 0 unspecified atom stereocenters. The number of amides is 3. The van der Waals surface area contributed by atoms with Gasteiger partial charge in [-0.2, -0.15) is 0 Å². The van der Waals surface area contributed by atoms with Crippen LogP contribution >= 0.6 is 0 Å². The second kappa shape index (κ2) is 5.83. The van der Waals surface area contributed by atoms with Crippen molar-refractivity contribution in [2.24, 2.45) is 0 Å². The van der Waals surface area contributed by atoms with E-state index >= 15 is 0 Å². The summed E-state index contributed by atoms with van der Waals surface area (Å²) in [7, 11) is 0. The Hall–Kier alpha value is -2.56. The molecule has 2 aromatic carbocycles. The van der Waals surface area contributed by atoms with Gasteiger partial charge < -0.3 is 10.1 Å². The monoisotopic (exact) mass is 284 g/mol. The minimum Gasteiger partial charge on any atom is -0.494 e. The highest BCUT2D eigenvalue weighted by Gasteiger charge is 2.27. The minimum absolute atomic E-state index is 0.102. The predicted molar refractivity (Wildman–Crippen MR) is 79.2 cm³/mol. The highest BCUT2D eigenvalue weighted by molar-refractivity contribution is 6.01. The molecule has 0 aromatic heterocycles. The highest BCUT2D eigenvalue weighted by atomic mass is 16.5. The van der Waals surface area contributed by atoms with Crippen LogP contribution in [0.2, 0.25) is 0 Å². The Morgan fingerprint density at radius 2 is 1.90 bits per heavy atom. The molecule has 1 fully saturated rings. The van der Waals surface area contributed by atoms with Crippen molar-refractivity contribution in [1.29, 1.82) is 0 Å². The number of ether oxygens (including phenoxy) is 1. The van der Waals surface area contributed by atoms with E-state index in [1.807, 2.05) is 36.4 Å². The first-order valence-electron chi connectivity index (χ1n) is 6.94. The van der Waals surface area contributed by atoms with E-state index in [2.05, 4.69) is 11.4 Å². The van der Waals surface area contributed by atoms with Crippen LogP contribution in [0.25, 0.3) is 10.8 Å². The molecular weight excluding hydrogens is 268 g/mol. The van der Waals surface area contributed by atoms with Crippen molar-refractivity contribution in [3.63, 3.8) is 0 Å². The van der Waals surface area contributed by atoms with Gasteiger partial charge in [0.25, 0.3) is 0 Å². The summed E-state index contributed by atoms with van der Waals surface area (Å²) in [6.45, 7) is 0.956. The maximum atomic E-state index is 11.4. The fraction of sp³-hybridized carbons (Fsp3) is 0.250. The van der Waals surface area contributed by atoms with E-state index in [9.17, 15) is 9.59 Å². The lowest BCUT2D eigenvalue weighted by Crippen LogP contribution is -2.32. The van der Waals surface area contributed by atoms with Gasteiger partial charge in [-0.05, 0) is 29.3 Å². The molecule has 3 amide bonds. The molecule has 1 saturated heterocycles. The minimum atomic E-state index is -0.314. The third-order valence-corrected chi connectivity index (χ3v) is 3.45. The van der Waals surface area contributed by atoms with Gasteiger partial charge >= 0.3 is 6.03 Å². The van der Waals surface area contributed by atoms with E-state index in [-0.39, 0.29) is 18.5 Å². The van der Waals surface area contributed by atoms with Crippen molar-refractivity contribution < 1.29 is 14.3 Å².